The van der Waals surface area contributed by atoms with E-state index in [0.29, 0.717) is 11.7 Å². The van der Waals surface area contributed by atoms with Crippen LogP contribution in [0.25, 0.3) is 11.4 Å². The molecule has 0 N–H and O–H groups in total. The molecule has 0 bridgehead atoms. The van der Waals surface area contributed by atoms with E-state index < -0.39 is 0 Å². The molecule has 6 nitrogen and oxygen atoms in total. The summed E-state index contributed by atoms with van der Waals surface area (Å²) in [6.45, 7) is 4.41. The maximum atomic E-state index is 13.5. The zero-order valence-corrected chi connectivity index (χ0v) is 20.2. The van der Waals surface area contributed by atoms with Gasteiger partial charge in [-0.15, -0.1) is 16.8 Å². The van der Waals surface area contributed by atoms with Gasteiger partial charge in [-0.1, -0.05) is 53.9 Å². The van der Waals surface area contributed by atoms with E-state index in [1.54, 1.807) is 24.9 Å². The van der Waals surface area contributed by atoms with E-state index in [9.17, 15) is 4.79 Å². The largest absolute Gasteiger partial charge is 0.497 e. The van der Waals surface area contributed by atoms with Crippen molar-refractivity contribution in [3.8, 4) is 17.1 Å². The third kappa shape index (κ3) is 4.22. The van der Waals surface area contributed by atoms with Crippen LogP contribution in [0.15, 0.2) is 100 Å². The molecular weight excluding hydrogens is 464 g/mol. The molecule has 0 unspecified atom stereocenters. The predicted octanol–water partition coefficient (Wildman–Crippen LogP) is 6.06. The van der Waals surface area contributed by atoms with Crippen molar-refractivity contribution in [1.82, 2.24) is 14.8 Å². The lowest BCUT2D eigenvalue weighted by molar-refractivity contribution is -0.115. The van der Waals surface area contributed by atoms with Crippen molar-refractivity contribution in [2.75, 3.05) is 17.8 Å². The van der Waals surface area contributed by atoms with Crippen molar-refractivity contribution in [1.29, 1.82) is 0 Å². The average Bonchev–Trinajstić information content (AvgIpc) is 3.28. The van der Waals surface area contributed by atoms with Crippen LogP contribution in [0.3, 0.4) is 0 Å². The number of thioether (sulfide) groups is 1. The van der Waals surface area contributed by atoms with Crippen LogP contribution < -0.4 is 9.64 Å². The molecule has 2 heterocycles. The number of rotatable bonds is 7. The van der Waals surface area contributed by atoms with Gasteiger partial charge < -0.3 is 4.74 Å². The standard InChI is InChI=1S/C26H22N4O2S2/c1-3-16-29-25(18-12-14-19(32-2)15-13-18)27-28-26(29)33-17-24(31)30-20-8-4-6-10-22(20)34-23-11-7-5-9-21(23)30/h3-15H,1,16-17H2,2H3. The molecule has 1 amide bonds. The molecule has 0 saturated heterocycles. The molecule has 0 saturated carbocycles. The Labute approximate surface area is 206 Å². The smallest absolute Gasteiger partial charge is 0.242 e. The van der Waals surface area contributed by atoms with Crippen LogP contribution in [-0.4, -0.2) is 33.5 Å². The van der Waals surface area contributed by atoms with Crippen LogP contribution in [0.4, 0.5) is 11.4 Å². The summed E-state index contributed by atoms with van der Waals surface area (Å²) in [6, 6.07) is 23.7. The third-order valence-electron chi connectivity index (χ3n) is 5.38. The molecule has 1 aliphatic rings. The maximum Gasteiger partial charge on any atom is 0.242 e. The fraction of sp³-hybridized carbons (Fsp3) is 0.115. The molecule has 0 spiro atoms. The van der Waals surface area contributed by atoms with E-state index in [-0.39, 0.29) is 11.7 Å². The van der Waals surface area contributed by atoms with Gasteiger partial charge in [0.1, 0.15) is 5.75 Å². The van der Waals surface area contributed by atoms with Crippen LogP contribution in [0.5, 0.6) is 5.75 Å². The Kier molecular flexibility index (Phi) is 6.42. The fourth-order valence-corrected chi connectivity index (χ4v) is 5.66. The van der Waals surface area contributed by atoms with E-state index in [1.165, 1.54) is 11.8 Å². The number of carbonyl (C=O) groups is 1. The minimum atomic E-state index is -0.00986. The Balaban J connectivity index is 1.41. The van der Waals surface area contributed by atoms with E-state index in [4.69, 9.17) is 4.74 Å². The Morgan fingerprint density at radius 3 is 2.26 bits per heavy atom. The molecule has 0 aliphatic carbocycles. The number of para-hydroxylation sites is 2. The molecule has 3 aromatic carbocycles. The van der Waals surface area contributed by atoms with Crippen molar-refractivity contribution in [3.05, 3.63) is 85.5 Å². The van der Waals surface area contributed by atoms with Crippen molar-refractivity contribution >= 4 is 40.8 Å². The van der Waals surface area contributed by atoms with Crippen molar-refractivity contribution in [2.45, 2.75) is 21.5 Å². The van der Waals surface area contributed by atoms with Gasteiger partial charge in [0.2, 0.25) is 5.91 Å². The number of methoxy groups -OCH3 is 1. The molecule has 170 valence electrons. The molecule has 34 heavy (non-hydrogen) atoms. The second kappa shape index (κ2) is 9.79. The first-order chi connectivity index (χ1) is 16.7. The van der Waals surface area contributed by atoms with Crippen LogP contribution >= 0.6 is 23.5 Å². The number of carbonyl (C=O) groups excluding carboxylic acids is 1. The highest BCUT2D eigenvalue weighted by molar-refractivity contribution is 8.00. The number of ether oxygens (including phenoxy) is 1. The molecule has 0 atom stereocenters. The van der Waals surface area contributed by atoms with Gasteiger partial charge in [0.15, 0.2) is 11.0 Å². The molecule has 0 fully saturated rings. The SMILES string of the molecule is C=CCn1c(SCC(=O)N2c3ccccc3Sc3ccccc32)nnc1-c1ccc(OC)cc1. The van der Waals surface area contributed by atoms with E-state index >= 15 is 0 Å². The summed E-state index contributed by atoms with van der Waals surface area (Å²) < 4.78 is 7.23. The third-order valence-corrected chi connectivity index (χ3v) is 7.46. The van der Waals surface area contributed by atoms with Crippen molar-refractivity contribution in [2.24, 2.45) is 0 Å². The summed E-state index contributed by atoms with van der Waals surface area (Å²) >= 11 is 3.06. The number of hydrogen-bond acceptors (Lipinski definition) is 6. The first-order valence-electron chi connectivity index (χ1n) is 10.7. The lowest BCUT2D eigenvalue weighted by atomic mass is 10.2. The van der Waals surface area contributed by atoms with Gasteiger partial charge in [-0.2, -0.15) is 0 Å². The Morgan fingerprint density at radius 1 is 1.00 bits per heavy atom. The molecule has 8 heteroatoms. The molecule has 5 rings (SSSR count). The first-order valence-corrected chi connectivity index (χ1v) is 12.5. The van der Waals surface area contributed by atoms with Gasteiger partial charge in [0.25, 0.3) is 0 Å². The van der Waals surface area contributed by atoms with Crippen LogP contribution in [-0.2, 0) is 11.3 Å². The minimum Gasteiger partial charge on any atom is -0.497 e. The van der Waals surface area contributed by atoms with Gasteiger partial charge in [-0.25, -0.2) is 0 Å². The zero-order chi connectivity index (χ0) is 23.5. The molecule has 1 aromatic heterocycles. The summed E-state index contributed by atoms with van der Waals surface area (Å²) in [5, 5.41) is 9.45. The lowest BCUT2D eigenvalue weighted by Gasteiger charge is -2.30. The summed E-state index contributed by atoms with van der Waals surface area (Å²) in [5.41, 5.74) is 2.73. The second-order valence-corrected chi connectivity index (χ2v) is 9.52. The van der Waals surface area contributed by atoms with Gasteiger partial charge in [0, 0.05) is 21.9 Å². The number of hydrogen-bond donors (Lipinski definition) is 0. The first kappa shape index (κ1) is 22.3. The summed E-state index contributed by atoms with van der Waals surface area (Å²) in [7, 11) is 1.64. The highest BCUT2D eigenvalue weighted by atomic mass is 32.2. The predicted molar refractivity (Wildman–Crippen MR) is 137 cm³/mol. The van der Waals surface area contributed by atoms with Crippen LogP contribution in [0.2, 0.25) is 0 Å². The number of benzene rings is 3. The quantitative estimate of drug-likeness (QED) is 0.234. The second-order valence-electron chi connectivity index (χ2n) is 7.49. The van der Waals surface area contributed by atoms with Gasteiger partial charge in [-0.3, -0.25) is 14.3 Å². The molecule has 0 radical (unpaired) electrons. The summed E-state index contributed by atoms with van der Waals surface area (Å²) in [4.78, 5) is 17.5. The molecule has 4 aromatic rings. The number of anilines is 2. The van der Waals surface area contributed by atoms with Crippen LogP contribution in [0, 0.1) is 0 Å². The number of amides is 1. The lowest BCUT2D eigenvalue weighted by Crippen LogP contribution is -2.30. The Hall–Kier alpha value is -3.49. The number of aromatic nitrogens is 3. The van der Waals surface area contributed by atoms with Gasteiger partial charge in [0.05, 0.1) is 24.2 Å². The van der Waals surface area contributed by atoms with Gasteiger partial charge >= 0.3 is 0 Å². The van der Waals surface area contributed by atoms with Crippen LogP contribution in [0.1, 0.15) is 0 Å². The minimum absolute atomic E-state index is 0.00986. The summed E-state index contributed by atoms with van der Waals surface area (Å²) in [5.74, 6) is 1.72. The van der Waals surface area contributed by atoms with Crippen molar-refractivity contribution < 1.29 is 9.53 Å². The average molecular weight is 487 g/mol. The zero-order valence-electron chi connectivity index (χ0n) is 18.5. The normalized spacial score (nSPS) is 12.1. The van der Waals surface area contributed by atoms with E-state index in [0.717, 1.165) is 38.3 Å². The van der Waals surface area contributed by atoms with E-state index in [2.05, 4.69) is 16.8 Å². The fourth-order valence-electron chi connectivity index (χ4n) is 3.81. The Bertz CT molecular complexity index is 1310. The summed E-state index contributed by atoms with van der Waals surface area (Å²) in [6.07, 6.45) is 1.80. The maximum absolute atomic E-state index is 13.5. The molecular formula is C26H22N4O2S2. The van der Waals surface area contributed by atoms with Crippen molar-refractivity contribution in [3.63, 3.8) is 0 Å². The van der Waals surface area contributed by atoms with E-state index in [1.807, 2.05) is 82.3 Å². The monoisotopic (exact) mass is 486 g/mol. The molecule has 1 aliphatic heterocycles. The number of allylic oxidation sites excluding steroid dienone is 1. The number of fused-ring (bicyclic) bond motifs is 2. The Morgan fingerprint density at radius 2 is 1.65 bits per heavy atom. The highest BCUT2D eigenvalue weighted by Gasteiger charge is 2.28. The number of nitrogens with zero attached hydrogens (tertiary/aromatic N) is 4. The topological polar surface area (TPSA) is 60.2 Å². The highest BCUT2D eigenvalue weighted by Crippen LogP contribution is 2.48. The van der Waals surface area contributed by atoms with Gasteiger partial charge in [-0.05, 0) is 48.5 Å².